The molecule has 2 heterocycles. The zero-order valence-corrected chi connectivity index (χ0v) is 22.3. The van der Waals surface area contributed by atoms with Gasteiger partial charge >= 0.3 is 0 Å². The maximum absolute atomic E-state index is 13.1. The standard InChI is InChI=1S/C26H36N4O5S/c1-19-15-24(35-4)16-20(2)26(19)36(33,34)29(3)18-25(32)28-17-23(31)6-5-21-9-13-30(14-10-21)22-7-11-27-12-8-22/h7-8,11-12,15-16,21H,5-6,9-10,13-14,17-18H2,1-4H3,(H,28,32). The normalized spacial score (nSPS) is 14.6. The third-order valence-electron chi connectivity index (χ3n) is 6.66. The van der Waals surface area contributed by atoms with E-state index < -0.39 is 15.9 Å². The van der Waals surface area contributed by atoms with Crippen LogP contribution in [-0.2, 0) is 19.6 Å². The highest BCUT2D eigenvalue weighted by atomic mass is 32.2. The van der Waals surface area contributed by atoms with Gasteiger partial charge in [-0.15, -0.1) is 0 Å². The molecule has 0 aliphatic carbocycles. The van der Waals surface area contributed by atoms with Crippen molar-refractivity contribution in [1.82, 2.24) is 14.6 Å². The van der Waals surface area contributed by atoms with Crippen LogP contribution in [0.3, 0.4) is 0 Å². The van der Waals surface area contributed by atoms with Crippen LogP contribution in [-0.4, -0.2) is 69.7 Å². The first-order valence-electron chi connectivity index (χ1n) is 12.2. The molecule has 9 nitrogen and oxygen atoms in total. The molecule has 1 amide bonds. The van der Waals surface area contributed by atoms with Gasteiger partial charge in [-0.25, -0.2) is 8.42 Å². The van der Waals surface area contributed by atoms with Crippen molar-refractivity contribution < 1.29 is 22.7 Å². The van der Waals surface area contributed by atoms with Gasteiger partial charge < -0.3 is 15.0 Å². The van der Waals surface area contributed by atoms with Crippen LogP contribution in [0.25, 0.3) is 0 Å². The second-order valence-electron chi connectivity index (χ2n) is 9.34. The number of methoxy groups -OCH3 is 1. The van der Waals surface area contributed by atoms with E-state index in [9.17, 15) is 18.0 Å². The van der Waals surface area contributed by atoms with E-state index in [4.69, 9.17) is 4.74 Å². The first-order chi connectivity index (χ1) is 17.1. The molecule has 0 radical (unpaired) electrons. The first-order valence-corrected chi connectivity index (χ1v) is 13.6. The summed E-state index contributed by atoms with van der Waals surface area (Å²) >= 11 is 0. The number of carbonyl (C=O) groups excluding carboxylic acids is 2. The maximum atomic E-state index is 13.1. The second-order valence-corrected chi connectivity index (χ2v) is 11.3. The summed E-state index contributed by atoms with van der Waals surface area (Å²) in [7, 11) is -1.00. The average molecular weight is 517 g/mol. The molecular weight excluding hydrogens is 480 g/mol. The van der Waals surface area contributed by atoms with Crippen LogP contribution in [0.5, 0.6) is 5.75 Å². The Hall–Kier alpha value is -2.98. The van der Waals surface area contributed by atoms with E-state index >= 15 is 0 Å². The average Bonchev–Trinajstić information content (AvgIpc) is 2.86. The summed E-state index contributed by atoms with van der Waals surface area (Å²) in [4.78, 5) is 31.3. The van der Waals surface area contributed by atoms with Gasteiger partial charge in [-0.2, -0.15) is 4.31 Å². The third kappa shape index (κ3) is 7.04. The van der Waals surface area contributed by atoms with Crippen LogP contribution in [0.1, 0.15) is 36.8 Å². The van der Waals surface area contributed by atoms with Gasteiger partial charge in [0.1, 0.15) is 5.75 Å². The quantitative estimate of drug-likeness (QED) is 0.489. The number of hydrogen-bond donors (Lipinski definition) is 1. The van der Waals surface area contributed by atoms with Crippen molar-refractivity contribution in [2.24, 2.45) is 5.92 Å². The highest BCUT2D eigenvalue weighted by Gasteiger charge is 2.27. The number of aryl methyl sites for hydroxylation is 2. The number of aromatic nitrogens is 1. The molecule has 1 aliphatic heterocycles. The Kier molecular flexibility index (Phi) is 9.44. The van der Waals surface area contributed by atoms with E-state index in [1.165, 1.54) is 19.8 Å². The molecule has 2 aromatic rings. The number of hydrogen-bond acceptors (Lipinski definition) is 7. The van der Waals surface area contributed by atoms with Gasteiger partial charge in [0.25, 0.3) is 0 Å². The van der Waals surface area contributed by atoms with Crippen LogP contribution in [0, 0.1) is 19.8 Å². The Morgan fingerprint density at radius 3 is 2.33 bits per heavy atom. The predicted octanol–water partition coefficient (Wildman–Crippen LogP) is 2.71. The van der Waals surface area contributed by atoms with E-state index in [-0.39, 0.29) is 23.8 Å². The van der Waals surface area contributed by atoms with Crippen molar-refractivity contribution >= 4 is 27.4 Å². The number of piperidine rings is 1. The molecule has 0 spiro atoms. The molecule has 0 bridgehead atoms. The number of likely N-dealkylation sites (N-methyl/N-ethyl adjacent to an activating group) is 1. The lowest BCUT2D eigenvalue weighted by Crippen LogP contribution is -2.40. The number of benzene rings is 1. The van der Waals surface area contributed by atoms with Crippen molar-refractivity contribution in [2.75, 3.05) is 45.2 Å². The van der Waals surface area contributed by atoms with Crippen molar-refractivity contribution in [1.29, 1.82) is 0 Å². The van der Waals surface area contributed by atoms with Gasteiger partial charge in [-0.1, -0.05) is 0 Å². The number of Topliss-reactive ketones (excluding diaryl/α,β-unsaturated/α-hetero) is 1. The molecule has 1 N–H and O–H groups in total. The highest BCUT2D eigenvalue weighted by molar-refractivity contribution is 7.89. The van der Waals surface area contributed by atoms with Gasteiger partial charge in [0, 0.05) is 44.6 Å². The Labute approximate surface area is 213 Å². The monoisotopic (exact) mass is 516 g/mol. The van der Waals surface area contributed by atoms with Crippen LogP contribution in [0.2, 0.25) is 0 Å². The van der Waals surface area contributed by atoms with E-state index in [0.29, 0.717) is 29.2 Å². The summed E-state index contributed by atoms with van der Waals surface area (Å²) in [5.41, 5.74) is 2.26. The smallest absolute Gasteiger partial charge is 0.243 e. The Bertz CT molecular complexity index is 1140. The van der Waals surface area contributed by atoms with Crippen LogP contribution >= 0.6 is 0 Å². The summed E-state index contributed by atoms with van der Waals surface area (Å²) in [6.45, 7) is 4.83. The minimum absolute atomic E-state index is 0.0488. The van der Waals surface area contributed by atoms with Gasteiger partial charge in [0.05, 0.1) is 25.1 Å². The summed E-state index contributed by atoms with van der Waals surface area (Å²) in [5.74, 6) is 0.494. The number of rotatable bonds is 11. The zero-order chi connectivity index (χ0) is 26.3. The lowest BCUT2D eigenvalue weighted by Gasteiger charge is -2.33. The molecule has 3 rings (SSSR count). The minimum atomic E-state index is -3.88. The number of nitrogens with one attached hydrogen (secondary N) is 1. The topological polar surface area (TPSA) is 109 Å². The van der Waals surface area contributed by atoms with Gasteiger partial charge in [0.15, 0.2) is 5.78 Å². The van der Waals surface area contributed by atoms with Crippen molar-refractivity contribution in [3.05, 3.63) is 47.8 Å². The fraction of sp³-hybridized carbons (Fsp3) is 0.500. The minimum Gasteiger partial charge on any atom is -0.497 e. The molecule has 1 aliphatic rings. The van der Waals surface area contributed by atoms with Gasteiger partial charge in [-0.05, 0) is 74.4 Å². The number of pyridine rings is 1. The Morgan fingerprint density at radius 1 is 1.14 bits per heavy atom. The fourth-order valence-corrected chi connectivity index (χ4v) is 6.15. The number of ether oxygens (including phenoxy) is 1. The van der Waals surface area contributed by atoms with Crippen LogP contribution in [0.15, 0.2) is 41.6 Å². The number of nitrogens with zero attached hydrogens (tertiary/aromatic N) is 3. The molecule has 1 fully saturated rings. The molecule has 196 valence electrons. The maximum Gasteiger partial charge on any atom is 0.243 e. The summed E-state index contributed by atoms with van der Waals surface area (Å²) in [6, 6.07) is 7.31. The molecule has 1 aromatic carbocycles. The second kappa shape index (κ2) is 12.3. The van der Waals surface area contributed by atoms with Gasteiger partial charge in [-0.3, -0.25) is 14.6 Å². The summed E-state index contributed by atoms with van der Waals surface area (Å²) in [6.07, 6.45) is 6.83. The number of amides is 1. The van der Waals surface area contributed by atoms with E-state index in [2.05, 4.69) is 15.2 Å². The van der Waals surface area contributed by atoms with Gasteiger partial charge in [0.2, 0.25) is 15.9 Å². The fourth-order valence-electron chi connectivity index (χ4n) is 4.62. The van der Waals surface area contributed by atoms with E-state index in [1.807, 2.05) is 12.1 Å². The Morgan fingerprint density at radius 2 is 1.75 bits per heavy atom. The number of carbonyl (C=O) groups is 2. The van der Waals surface area contributed by atoms with Crippen molar-refractivity contribution in [2.45, 2.75) is 44.4 Å². The number of sulfonamides is 1. The molecule has 0 unspecified atom stereocenters. The summed E-state index contributed by atoms with van der Waals surface area (Å²) < 4.78 is 32.3. The summed E-state index contributed by atoms with van der Waals surface area (Å²) in [5, 5.41) is 2.57. The molecule has 1 saturated heterocycles. The first kappa shape index (κ1) is 27.6. The van der Waals surface area contributed by atoms with Crippen LogP contribution in [0.4, 0.5) is 5.69 Å². The van der Waals surface area contributed by atoms with Crippen LogP contribution < -0.4 is 15.0 Å². The predicted molar refractivity (Wildman–Crippen MR) is 139 cm³/mol. The Balaban J connectivity index is 1.42. The lowest BCUT2D eigenvalue weighted by atomic mass is 9.91. The zero-order valence-electron chi connectivity index (χ0n) is 21.5. The molecule has 10 heteroatoms. The van der Waals surface area contributed by atoms with Crippen molar-refractivity contribution in [3.8, 4) is 5.75 Å². The lowest BCUT2D eigenvalue weighted by molar-refractivity contribution is -0.125. The number of ketones is 1. The molecular formula is C26H36N4O5S. The SMILES string of the molecule is COc1cc(C)c(S(=O)(=O)N(C)CC(=O)NCC(=O)CCC2CCN(c3ccncc3)CC2)c(C)c1. The molecule has 1 aromatic heterocycles. The molecule has 0 saturated carbocycles. The van der Waals surface area contributed by atoms with E-state index in [1.54, 1.807) is 38.4 Å². The third-order valence-corrected chi connectivity index (χ3v) is 8.77. The largest absolute Gasteiger partial charge is 0.497 e. The highest BCUT2D eigenvalue weighted by Crippen LogP contribution is 2.28. The molecule has 36 heavy (non-hydrogen) atoms. The van der Waals surface area contributed by atoms with Crippen molar-refractivity contribution in [3.63, 3.8) is 0 Å². The molecule has 0 atom stereocenters. The number of anilines is 1. The van der Waals surface area contributed by atoms with E-state index in [0.717, 1.165) is 36.7 Å².